The first-order chi connectivity index (χ1) is 9.74. The molecule has 0 bridgehead atoms. The highest BCUT2D eigenvalue weighted by Gasteiger charge is 2.02. The van der Waals surface area contributed by atoms with Gasteiger partial charge in [0.05, 0.1) is 7.11 Å². The van der Waals surface area contributed by atoms with E-state index in [2.05, 4.69) is 0 Å². The first-order valence-corrected chi connectivity index (χ1v) is 6.31. The number of para-hydroxylation sites is 1. The lowest BCUT2D eigenvalue weighted by Gasteiger charge is -2.04. The summed E-state index contributed by atoms with van der Waals surface area (Å²) in [6, 6.07) is 14.4. The standard InChI is InChI=1S/C17H16O3/c1-20-16-10-8-13(9-11-16)15(12-18)7-6-14-4-2-3-5-17(14)19/h2-5,7-12,19H,6H2,1H3. The van der Waals surface area contributed by atoms with Crippen molar-refractivity contribution in [1.82, 2.24) is 0 Å². The van der Waals surface area contributed by atoms with E-state index in [1.807, 2.05) is 42.5 Å². The second-order valence-corrected chi connectivity index (χ2v) is 4.34. The van der Waals surface area contributed by atoms with Crippen LogP contribution in [0.15, 0.2) is 54.6 Å². The lowest BCUT2D eigenvalue weighted by molar-refractivity contribution is -0.103. The number of aromatic hydroxyl groups is 1. The highest BCUT2D eigenvalue weighted by molar-refractivity contribution is 6.06. The Kier molecular flexibility index (Phi) is 4.56. The summed E-state index contributed by atoms with van der Waals surface area (Å²) in [5.74, 6) is 0.989. The van der Waals surface area contributed by atoms with Gasteiger partial charge in [0.25, 0.3) is 0 Å². The third-order valence-corrected chi connectivity index (χ3v) is 3.08. The maximum atomic E-state index is 11.2. The van der Waals surface area contributed by atoms with Crippen LogP contribution in [0.5, 0.6) is 11.5 Å². The maximum Gasteiger partial charge on any atom is 0.150 e. The van der Waals surface area contributed by atoms with Crippen molar-refractivity contribution >= 4 is 11.9 Å². The third kappa shape index (κ3) is 3.26. The molecule has 102 valence electrons. The Balaban J connectivity index is 2.21. The smallest absolute Gasteiger partial charge is 0.150 e. The van der Waals surface area contributed by atoms with E-state index in [0.29, 0.717) is 12.0 Å². The number of hydrogen-bond acceptors (Lipinski definition) is 3. The van der Waals surface area contributed by atoms with Gasteiger partial charge >= 0.3 is 0 Å². The molecule has 0 heterocycles. The number of phenolic OH excluding ortho intramolecular Hbond substituents is 1. The van der Waals surface area contributed by atoms with Gasteiger partial charge in [0.1, 0.15) is 17.8 Å². The van der Waals surface area contributed by atoms with Gasteiger partial charge in [0.2, 0.25) is 0 Å². The second kappa shape index (κ2) is 6.57. The average molecular weight is 268 g/mol. The van der Waals surface area contributed by atoms with Crippen LogP contribution >= 0.6 is 0 Å². The Morgan fingerprint density at radius 2 is 1.85 bits per heavy atom. The largest absolute Gasteiger partial charge is 0.508 e. The van der Waals surface area contributed by atoms with Crippen LogP contribution < -0.4 is 4.74 Å². The van der Waals surface area contributed by atoms with Gasteiger partial charge < -0.3 is 9.84 Å². The molecule has 0 fully saturated rings. The number of aldehydes is 1. The number of hydrogen-bond donors (Lipinski definition) is 1. The molecule has 0 unspecified atom stereocenters. The van der Waals surface area contributed by atoms with Crippen LogP contribution in [-0.2, 0) is 11.2 Å². The van der Waals surface area contributed by atoms with Crippen LogP contribution in [0.4, 0.5) is 0 Å². The Hall–Kier alpha value is -2.55. The molecule has 0 aromatic heterocycles. The number of carbonyl (C=O) groups is 1. The lowest BCUT2D eigenvalue weighted by atomic mass is 10.0. The van der Waals surface area contributed by atoms with Crippen molar-refractivity contribution in [2.24, 2.45) is 0 Å². The summed E-state index contributed by atoms with van der Waals surface area (Å²) in [5.41, 5.74) is 2.22. The highest BCUT2D eigenvalue weighted by atomic mass is 16.5. The Labute approximate surface area is 118 Å². The molecule has 0 aliphatic rings. The van der Waals surface area contributed by atoms with Gasteiger partial charge in [-0.2, -0.15) is 0 Å². The van der Waals surface area contributed by atoms with Crippen LogP contribution in [0.3, 0.4) is 0 Å². The Bertz CT molecular complexity index is 612. The fraction of sp³-hybridized carbons (Fsp3) is 0.118. The zero-order valence-electron chi connectivity index (χ0n) is 11.2. The molecule has 0 saturated heterocycles. The van der Waals surface area contributed by atoms with Gasteiger partial charge in [-0.1, -0.05) is 36.4 Å². The minimum atomic E-state index is 0.240. The van der Waals surface area contributed by atoms with Crippen LogP contribution in [-0.4, -0.2) is 18.5 Å². The Morgan fingerprint density at radius 3 is 2.45 bits per heavy atom. The summed E-state index contributed by atoms with van der Waals surface area (Å²) >= 11 is 0. The van der Waals surface area contributed by atoms with Gasteiger partial charge in [-0.15, -0.1) is 0 Å². The summed E-state index contributed by atoms with van der Waals surface area (Å²) in [6.07, 6.45) is 3.14. The molecular weight excluding hydrogens is 252 g/mol. The molecule has 3 nitrogen and oxygen atoms in total. The van der Waals surface area contributed by atoms with Gasteiger partial charge in [-0.05, 0) is 35.7 Å². The number of allylic oxidation sites excluding steroid dienone is 2. The number of carbonyl (C=O) groups excluding carboxylic acids is 1. The van der Waals surface area contributed by atoms with E-state index in [9.17, 15) is 9.90 Å². The summed E-state index contributed by atoms with van der Waals surface area (Å²) in [6.45, 7) is 0. The molecule has 2 rings (SSSR count). The predicted molar refractivity (Wildman–Crippen MR) is 78.8 cm³/mol. The molecule has 0 radical (unpaired) electrons. The van der Waals surface area contributed by atoms with E-state index in [-0.39, 0.29) is 5.75 Å². The van der Waals surface area contributed by atoms with Crippen LogP contribution in [0.1, 0.15) is 11.1 Å². The number of methoxy groups -OCH3 is 1. The van der Waals surface area contributed by atoms with Gasteiger partial charge in [0, 0.05) is 5.57 Å². The quantitative estimate of drug-likeness (QED) is 0.669. The molecule has 20 heavy (non-hydrogen) atoms. The molecule has 3 heteroatoms. The van der Waals surface area contributed by atoms with Gasteiger partial charge in [-0.25, -0.2) is 0 Å². The summed E-state index contributed by atoms with van der Waals surface area (Å²) in [5, 5.41) is 9.70. The van der Waals surface area contributed by atoms with Crippen LogP contribution in [0, 0.1) is 0 Å². The van der Waals surface area contributed by atoms with Crippen molar-refractivity contribution in [3.8, 4) is 11.5 Å². The van der Waals surface area contributed by atoms with Crippen molar-refractivity contribution < 1.29 is 14.6 Å². The molecule has 0 aliphatic heterocycles. The molecule has 2 aromatic rings. The van der Waals surface area contributed by atoms with E-state index < -0.39 is 0 Å². The molecule has 1 N–H and O–H groups in total. The maximum absolute atomic E-state index is 11.2. The Morgan fingerprint density at radius 1 is 1.15 bits per heavy atom. The van der Waals surface area contributed by atoms with Crippen molar-refractivity contribution in [3.63, 3.8) is 0 Å². The molecular formula is C17H16O3. The second-order valence-electron chi connectivity index (χ2n) is 4.34. The number of rotatable bonds is 5. The van der Waals surface area contributed by atoms with Crippen LogP contribution in [0.2, 0.25) is 0 Å². The third-order valence-electron chi connectivity index (χ3n) is 3.08. The molecule has 2 aromatic carbocycles. The van der Waals surface area contributed by atoms with Crippen LogP contribution in [0.25, 0.3) is 5.57 Å². The number of phenols is 1. The van der Waals surface area contributed by atoms with E-state index in [0.717, 1.165) is 23.2 Å². The van der Waals surface area contributed by atoms with E-state index in [1.54, 1.807) is 19.2 Å². The summed E-state index contributed by atoms with van der Waals surface area (Å²) in [7, 11) is 1.60. The van der Waals surface area contributed by atoms with Crippen molar-refractivity contribution in [3.05, 3.63) is 65.7 Å². The van der Waals surface area contributed by atoms with E-state index in [4.69, 9.17) is 4.74 Å². The minimum absolute atomic E-state index is 0.240. The predicted octanol–water partition coefficient (Wildman–Crippen LogP) is 3.23. The van der Waals surface area contributed by atoms with E-state index in [1.165, 1.54) is 0 Å². The summed E-state index contributed by atoms with van der Waals surface area (Å²) < 4.78 is 5.09. The van der Waals surface area contributed by atoms with Crippen molar-refractivity contribution in [2.75, 3.05) is 7.11 Å². The first-order valence-electron chi connectivity index (χ1n) is 6.31. The van der Waals surface area contributed by atoms with Crippen molar-refractivity contribution in [2.45, 2.75) is 6.42 Å². The normalized spacial score (nSPS) is 11.2. The molecule has 0 saturated carbocycles. The zero-order valence-corrected chi connectivity index (χ0v) is 11.2. The number of benzene rings is 2. The fourth-order valence-electron chi connectivity index (χ4n) is 1.92. The van der Waals surface area contributed by atoms with E-state index >= 15 is 0 Å². The molecule has 0 atom stereocenters. The lowest BCUT2D eigenvalue weighted by Crippen LogP contribution is -1.90. The SMILES string of the molecule is COc1ccc(C(C=O)=CCc2ccccc2O)cc1. The van der Waals surface area contributed by atoms with Crippen molar-refractivity contribution in [1.29, 1.82) is 0 Å². The first kappa shape index (κ1) is 13.9. The van der Waals surface area contributed by atoms with Gasteiger partial charge in [0.15, 0.2) is 0 Å². The monoisotopic (exact) mass is 268 g/mol. The minimum Gasteiger partial charge on any atom is -0.508 e. The average Bonchev–Trinajstić information content (AvgIpc) is 2.50. The molecule has 0 amide bonds. The zero-order chi connectivity index (χ0) is 14.4. The topological polar surface area (TPSA) is 46.5 Å². The summed E-state index contributed by atoms with van der Waals surface area (Å²) in [4.78, 5) is 11.2. The highest BCUT2D eigenvalue weighted by Crippen LogP contribution is 2.20. The molecule has 0 spiro atoms. The van der Waals surface area contributed by atoms with Gasteiger partial charge in [-0.3, -0.25) is 4.79 Å². The fourth-order valence-corrected chi connectivity index (χ4v) is 1.92. The number of ether oxygens (including phenoxy) is 1. The molecule has 0 aliphatic carbocycles.